The SMILES string of the molecule is O=C(NCc1ccn2ccnc2c1)c1ccc(C2CCN(C(=O)C3COCCO3)CC2)cc1. The number of ether oxygens (including phenoxy) is 2. The molecule has 1 unspecified atom stereocenters. The maximum Gasteiger partial charge on any atom is 0.254 e. The summed E-state index contributed by atoms with van der Waals surface area (Å²) >= 11 is 0. The van der Waals surface area contributed by atoms with Gasteiger partial charge in [0.05, 0.1) is 19.8 Å². The number of fused-ring (bicyclic) bond motifs is 1. The van der Waals surface area contributed by atoms with Crippen LogP contribution in [0.4, 0.5) is 0 Å². The van der Waals surface area contributed by atoms with E-state index in [-0.39, 0.29) is 11.8 Å². The second-order valence-corrected chi connectivity index (χ2v) is 8.57. The number of rotatable bonds is 5. The van der Waals surface area contributed by atoms with Crippen LogP contribution >= 0.6 is 0 Å². The van der Waals surface area contributed by atoms with Crippen LogP contribution in [0.15, 0.2) is 55.0 Å². The summed E-state index contributed by atoms with van der Waals surface area (Å²) in [6, 6.07) is 11.8. The highest BCUT2D eigenvalue weighted by atomic mass is 16.6. The van der Waals surface area contributed by atoms with Crippen LogP contribution in [0.5, 0.6) is 0 Å². The fourth-order valence-electron chi connectivity index (χ4n) is 4.52. The van der Waals surface area contributed by atoms with Gasteiger partial charge in [-0.15, -0.1) is 0 Å². The summed E-state index contributed by atoms with van der Waals surface area (Å²) in [6.07, 6.45) is 6.92. The topological polar surface area (TPSA) is 85.2 Å². The molecule has 2 amide bonds. The Morgan fingerprint density at radius 3 is 2.64 bits per heavy atom. The minimum Gasteiger partial charge on any atom is -0.376 e. The molecular formula is C25H28N4O4. The number of carbonyl (C=O) groups is 2. The molecule has 2 aliphatic rings. The molecule has 1 atom stereocenters. The largest absolute Gasteiger partial charge is 0.376 e. The molecule has 2 aliphatic heterocycles. The standard InChI is InChI=1S/C25H28N4O4/c30-24(27-16-18-5-9-28-12-8-26-23(28)15-18)21-3-1-19(2-4-21)20-6-10-29(11-7-20)25(31)22-17-32-13-14-33-22/h1-5,8-9,12,15,20,22H,6-7,10-11,13-14,16-17H2,(H,27,30). The van der Waals surface area contributed by atoms with E-state index < -0.39 is 6.10 Å². The number of carbonyl (C=O) groups excluding carboxylic acids is 2. The van der Waals surface area contributed by atoms with Gasteiger partial charge in [0.15, 0.2) is 6.10 Å². The third kappa shape index (κ3) is 4.91. The molecule has 33 heavy (non-hydrogen) atoms. The van der Waals surface area contributed by atoms with Crippen molar-refractivity contribution >= 4 is 17.5 Å². The van der Waals surface area contributed by atoms with Gasteiger partial charge in [0.2, 0.25) is 0 Å². The first-order valence-electron chi connectivity index (χ1n) is 11.5. The number of nitrogens with one attached hydrogen (secondary N) is 1. The first-order valence-corrected chi connectivity index (χ1v) is 11.5. The Kier molecular flexibility index (Phi) is 6.37. The molecule has 3 aromatic rings. The molecule has 0 bridgehead atoms. The fourth-order valence-corrected chi connectivity index (χ4v) is 4.52. The van der Waals surface area contributed by atoms with Crippen molar-refractivity contribution in [3.8, 4) is 0 Å². The lowest BCUT2D eigenvalue weighted by molar-refractivity contribution is -0.158. The van der Waals surface area contributed by atoms with Gasteiger partial charge in [0.1, 0.15) is 5.65 Å². The Labute approximate surface area is 192 Å². The van der Waals surface area contributed by atoms with E-state index in [0.717, 1.165) is 24.1 Å². The Morgan fingerprint density at radius 2 is 1.88 bits per heavy atom. The van der Waals surface area contributed by atoms with Gasteiger partial charge in [0, 0.05) is 43.8 Å². The van der Waals surface area contributed by atoms with Crippen LogP contribution in [0.3, 0.4) is 0 Å². The van der Waals surface area contributed by atoms with E-state index in [9.17, 15) is 9.59 Å². The zero-order valence-electron chi connectivity index (χ0n) is 18.5. The predicted molar refractivity (Wildman–Crippen MR) is 122 cm³/mol. The molecule has 4 heterocycles. The monoisotopic (exact) mass is 448 g/mol. The number of imidazole rings is 1. The summed E-state index contributed by atoms with van der Waals surface area (Å²) in [4.78, 5) is 31.4. The minimum atomic E-state index is -0.463. The van der Waals surface area contributed by atoms with E-state index in [4.69, 9.17) is 9.47 Å². The van der Waals surface area contributed by atoms with E-state index in [1.54, 1.807) is 6.20 Å². The molecule has 0 radical (unpaired) electrons. The van der Waals surface area contributed by atoms with Gasteiger partial charge in [-0.3, -0.25) is 9.59 Å². The van der Waals surface area contributed by atoms with Crippen molar-refractivity contribution < 1.29 is 19.1 Å². The summed E-state index contributed by atoms with van der Waals surface area (Å²) in [5, 5.41) is 2.98. The second-order valence-electron chi connectivity index (χ2n) is 8.57. The summed E-state index contributed by atoms with van der Waals surface area (Å²) < 4.78 is 12.8. The quantitative estimate of drug-likeness (QED) is 0.648. The van der Waals surface area contributed by atoms with Crippen LogP contribution < -0.4 is 5.32 Å². The van der Waals surface area contributed by atoms with Crippen LogP contribution in [0.1, 0.15) is 40.2 Å². The van der Waals surface area contributed by atoms with Gasteiger partial charge in [-0.2, -0.15) is 0 Å². The van der Waals surface area contributed by atoms with Crippen molar-refractivity contribution in [3.63, 3.8) is 0 Å². The number of piperidine rings is 1. The molecule has 1 aromatic carbocycles. The number of amides is 2. The molecule has 2 fully saturated rings. The Bertz CT molecular complexity index is 1110. The average Bonchev–Trinajstić information content (AvgIpc) is 3.35. The number of nitrogens with zero attached hydrogens (tertiary/aromatic N) is 3. The van der Waals surface area contributed by atoms with Crippen LogP contribution in [0.25, 0.3) is 5.65 Å². The number of benzene rings is 1. The van der Waals surface area contributed by atoms with Crippen molar-refractivity contribution in [2.45, 2.75) is 31.4 Å². The van der Waals surface area contributed by atoms with Crippen LogP contribution in [0.2, 0.25) is 0 Å². The lowest BCUT2D eigenvalue weighted by Gasteiger charge is -2.35. The molecule has 172 valence electrons. The van der Waals surface area contributed by atoms with Crippen molar-refractivity contribution in [1.82, 2.24) is 19.6 Å². The highest BCUT2D eigenvalue weighted by Gasteiger charge is 2.30. The summed E-state index contributed by atoms with van der Waals surface area (Å²) in [5.74, 6) is 0.322. The van der Waals surface area contributed by atoms with Gasteiger partial charge < -0.3 is 24.1 Å². The molecule has 2 saturated heterocycles. The maximum absolute atomic E-state index is 12.6. The smallest absolute Gasteiger partial charge is 0.254 e. The first kappa shape index (κ1) is 21.6. The lowest BCUT2D eigenvalue weighted by Crippen LogP contribution is -2.47. The van der Waals surface area contributed by atoms with E-state index in [1.807, 2.05) is 58.1 Å². The third-order valence-electron chi connectivity index (χ3n) is 6.46. The van der Waals surface area contributed by atoms with Crippen molar-refractivity contribution in [3.05, 3.63) is 71.7 Å². The lowest BCUT2D eigenvalue weighted by atomic mass is 9.89. The zero-order valence-corrected chi connectivity index (χ0v) is 18.5. The molecule has 5 rings (SSSR count). The molecule has 0 aliphatic carbocycles. The van der Waals surface area contributed by atoms with Crippen LogP contribution in [-0.2, 0) is 20.8 Å². The zero-order chi connectivity index (χ0) is 22.6. The number of likely N-dealkylation sites (tertiary alicyclic amines) is 1. The van der Waals surface area contributed by atoms with Gasteiger partial charge in [-0.25, -0.2) is 4.98 Å². The Balaban J connectivity index is 1.12. The first-order chi connectivity index (χ1) is 16.2. The van der Waals surface area contributed by atoms with Gasteiger partial charge in [-0.05, 0) is 54.2 Å². The van der Waals surface area contributed by atoms with E-state index >= 15 is 0 Å². The highest BCUT2D eigenvalue weighted by molar-refractivity contribution is 5.94. The number of hydrogen-bond donors (Lipinski definition) is 1. The number of pyridine rings is 1. The maximum atomic E-state index is 12.6. The van der Waals surface area contributed by atoms with Crippen molar-refractivity contribution in [1.29, 1.82) is 0 Å². The normalized spacial score (nSPS) is 19.5. The molecule has 0 saturated carbocycles. The molecule has 1 N–H and O–H groups in total. The highest BCUT2D eigenvalue weighted by Crippen LogP contribution is 2.28. The number of aromatic nitrogens is 2. The van der Waals surface area contributed by atoms with Gasteiger partial charge in [-0.1, -0.05) is 12.1 Å². The third-order valence-corrected chi connectivity index (χ3v) is 6.46. The van der Waals surface area contributed by atoms with Crippen LogP contribution in [0, 0.1) is 0 Å². The van der Waals surface area contributed by atoms with Crippen molar-refractivity contribution in [2.75, 3.05) is 32.9 Å². The molecular weight excluding hydrogens is 420 g/mol. The molecule has 2 aromatic heterocycles. The summed E-state index contributed by atoms with van der Waals surface area (Å²) in [5.41, 5.74) is 3.71. The minimum absolute atomic E-state index is 0.0343. The molecule has 8 heteroatoms. The van der Waals surface area contributed by atoms with Gasteiger partial charge >= 0.3 is 0 Å². The fraction of sp³-hybridized carbons (Fsp3) is 0.400. The Hall–Kier alpha value is -3.23. The van der Waals surface area contributed by atoms with E-state index in [0.29, 0.717) is 50.9 Å². The predicted octanol–water partition coefficient (Wildman–Crippen LogP) is 2.39. The van der Waals surface area contributed by atoms with Gasteiger partial charge in [0.25, 0.3) is 11.8 Å². The van der Waals surface area contributed by atoms with Crippen LogP contribution in [-0.4, -0.2) is 65.1 Å². The van der Waals surface area contributed by atoms with Crippen molar-refractivity contribution in [2.24, 2.45) is 0 Å². The second kappa shape index (κ2) is 9.72. The number of hydrogen-bond acceptors (Lipinski definition) is 5. The molecule has 0 spiro atoms. The average molecular weight is 449 g/mol. The van der Waals surface area contributed by atoms with E-state index in [1.165, 1.54) is 5.56 Å². The summed E-state index contributed by atoms with van der Waals surface area (Å²) in [7, 11) is 0. The Morgan fingerprint density at radius 1 is 1.06 bits per heavy atom. The summed E-state index contributed by atoms with van der Waals surface area (Å²) in [6.45, 7) is 3.26. The van der Waals surface area contributed by atoms with E-state index in [2.05, 4.69) is 10.3 Å². The molecule has 8 nitrogen and oxygen atoms in total.